The predicted octanol–water partition coefficient (Wildman–Crippen LogP) is 3.04. The fourth-order valence-corrected chi connectivity index (χ4v) is 2.54. The molecule has 0 bridgehead atoms. The highest BCUT2D eigenvalue weighted by molar-refractivity contribution is 6.35. The van der Waals surface area contributed by atoms with E-state index in [4.69, 9.17) is 23.2 Å². The molecule has 0 saturated heterocycles. The Kier molecular flexibility index (Phi) is 9.28. The molecular weight excluding hydrogens is 319 g/mol. The largest absolute Gasteiger partial charge is 0.356 e. The molecule has 0 aliphatic rings. The van der Waals surface area contributed by atoms with Gasteiger partial charge in [-0.2, -0.15) is 0 Å². The molecule has 2 N–H and O–H groups in total. The van der Waals surface area contributed by atoms with E-state index in [0.29, 0.717) is 5.02 Å². The van der Waals surface area contributed by atoms with Crippen LogP contribution in [0.4, 0.5) is 0 Å². The number of hydrogen-bond donors (Lipinski definition) is 2. The van der Waals surface area contributed by atoms with Gasteiger partial charge in [0.25, 0.3) is 0 Å². The Morgan fingerprint density at radius 3 is 2.41 bits per heavy atom. The van der Waals surface area contributed by atoms with Gasteiger partial charge in [-0.25, -0.2) is 0 Å². The minimum atomic E-state index is 0.675. The second kappa shape index (κ2) is 10.7. The van der Waals surface area contributed by atoms with Gasteiger partial charge in [0.05, 0.1) is 0 Å². The first-order valence-electron chi connectivity index (χ1n) is 7.56. The predicted molar refractivity (Wildman–Crippen MR) is 97.3 cm³/mol. The SMILES string of the molecule is CN=C(NCCCc1ccc(Cl)cc1Cl)NCCCN(C)C. The average molecular weight is 345 g/mol. The van der Waals surface area contributed by atoms with E-state index in [1.54, 1.807) is 13.1 Å². The molecule has 0 aliphatic heterocycles. The Labute approximate surface area is 143 Å². The van der Waals surface area contributed by atoms with Gasteiger partial charge in [-0.1, -0.05) is 29.3 Å². The summed E-state index contributed by atoms with van der Waals surface area (Å²) in [6.07, 6.45) is 2.99. The van der Waals surface area contributed by atoms with E-state index < -0.39 is 0 Å². The molecule has 0 spiro atoms. The number of aryl methyl sites for hydroxylation is 1. The summed E-state index contributed by atoms with van der Waals surface area (Å²) in [5.74, 6) is 0.848. The van der Waals surface area contributed by atoms with Crippen LogP contribution in [0.5, 0.6) is 0 Å². The monoisotopic (exact) mass is 344 g/mol. The zero-order valence-electron chi connectivity index (χ0n) is 13.6. The third kappa shape index (κ3) is 7.87. The molecule has 0 aromatic heterocycles. The molecule has 0 amide bonds. The highest BCUT2D eigenvalue weighted by Crippen LogP contribution is 2.21. The second-order valence-electron chi connectivity index (χ2n) is 5.42. The van der Waals surface area contributed by atoms with Crippen molar-refractivity contribution in [3.05, 3.63) is 33.8 Å². The van der Waals surface area contributed by atoms with Crippen LogP contribution < -0.4 is 10.6 Å². The first kappa shape index (κ1) is 19.1. The van der Waals surface area contributed by atoms with E-state index in [-0.39, 0.29) is 0 Å². The lowest BCUT2D eigenvalue weighted by molar-refractivity contribution is 0.399. The number of hydrogen-bond acceptors (Lipinski definition) is 2. The van der Waals surface area contributed by atoms with Gasteiger partial charge in [-0.15, -0.1) is 0 Å². The summed E-state index contributed by atoms with van der Waals surface area (Å²) in [5.41, 5.74) is 1.13. The topological polar surface area (TPSA) is 39.7 Å². The zero-order chi connectivity index (χ0) is 16.4. The maximum atomic E-state index is 6.16. The Morgan fingerprint density at radius 1 is 1.14 bits per heavy atom. The molecule has 0 aliphatic carbocycles. The lowest BCUT2D eigenvalue weighted by Crippen LogP contribution is -2.39. The molecule has 4 nitrogen and oxygen atoms in total. The van der Waals surface area contributed by atoms with Crippen LogP contribution in [-0.4, -0.2) is 51.6 Å². The van der Waals surface area contributed by atoms with E-state index in [2.05, 4.69) is 34.6 Å². The Morgan fingerprint density at radius 2 is 1.82 bits per heavy atom. The highest BCUT2D eigenvalue weighted by atomic mass is 35.5. The molecule has 124 valence electrons. The minimum absolute atomic E-state index is 0.675. The maximum Gasteiger partial charge on any atom is 0.190 e. The van der Waals surface area contributed by atoms with Gasteiger partial charge in [0.1, 0.15) is 0 Å². The van der Waals surface area contributed by atoms with Crippen molar-refractivity contribution in [1.82, 2.24) is 15.5 Å². The lowest BCUT2D eigenvalue weighted by Gasteiger charge is -2.13. The third-order valence-electron chi connectivity index (χ3n) is 3.23. The first-order chi connectivity index (χ1) is 10.5. The summed E-state index contributed by atoms with van der Waals surface area (Å²) >= 11 is 12.1. The third-order valence-corrected chi connectivity index (χ3v) is 3.82. The van der Waals surface area contributed by atoms with Gasteiger partial charge in [-0.3, -0.25) is 4.99 Å². The quantitative estimate of drug-likeness (QED) is 0.432. The maximum absolute atomic E-state index is 6.16. The molecule has 0 fully saturated rings. The van der Waals surface area contributed by atoms with Crippen LogP contribution in [0.3, 0.4) is 0 Å². The van der Waals surface area contributed by atoms with Crippen LogP contribution >= 0.6 is 23.2 Å². The summed E-state index contributed by atoms with van der Waals surface area (Å²) in [7, 11) is 5.95. The molecule has 1 rings (SSSR count). The van der Waals surface area contributed by atoms with E-state index in [0.717, 1.165) is 55.4 Å². The van der Waals surface area contributed by atoms with Crippen molar-refractivity contribution in [1.29, 1.82) is 0 Å². The normalized spacial score (nSPS) is 11.8. The van der Waals surface area contributed by atoms with Crippen molar-refractivity contribution in [2.24, 2.45) is 4.99 Å². The molecule has 0 radical (unpaired) electrons. The van der Waals surface area contributed by atoms with Crippen LogP contribution in [0, 0.1) is 0 Å². The molecule has 22 heavy (non-hydrogen) atoms. The van der Waals surface area contributed by atoms with Gasteiger partial charge in [0.15, 0.2) is 5.96 Å². The van der Waals surface area contributed by atoms with Crippen LogP contribution in [0.25, 0.3) is 0 Å². The molecule has 0 unspecified atom stereocenters. The standard InChI is InChI=1S/C16H26Cl2N4/c1-19-16(21-10-5-11-22(2)3)20-9-4-6-13-7-8-14(17)12-15(13)18/h7-8,12H,4-6,9-11H2,1-3H3,(H2,19,20,21). The minimum Gasteiger partial charge on any atom is -0.356 e. The summed E-state index contributed by atoms with van der Waals surface area (Å²) in [4.78, 5) is 6.39. The van der Waals surface area contributed by atoms with Gasteiger partial charge in [0.2, 0.25) is 0 Å². The fraction of sp³-hybridized carbons (Fsp3) is 0.562. The molecule has 6 heteroatoms. The smallest absolute Gasteiger partial charge is 0.190 e. The van der Waals surface area contributed by atoms with Crippen molar-refractivity contribution in [2.75, 3.05) is 40.8 Å². The van der Waals surface area contributed by atoms with Crippen molar-refractivity contribution < 1.29 is 0 Å². The Bertz CT molecular complexity index is 475. The van der Waals surface area contributed by atoms with Gasteiger partial charge >= 0.3 is 0 Å². The van der Waals surface area contributed by atoms with Gasteiger partial charge < -0.3 is 15.5 Å². The molecule has 1 aromatic carbocycles. The molecule has 0 saturated carbocycles. The number of nitrogens with zero attached hydrogens (tertiary/aromatic N) is 2. The zero-order valence-corrected chi connectivity index (χ0v) is 15.1. The number of benzene rings is 1. The number of halogens is 2. The molecular formula is C16H26Cl2N4. The Hall–Kier alpha value is -0.970. The van der Waals surface area contributed by atoms with Crippen LogP contribution in [0.1, 0.15) is 18.4 Å². The number of nitrogens with one attached hydrogen (secondary N) is 2. The first-order valence-corrected chi connectivity index (χ1v) is 8.31. The van der Waals surface area contributed by atoms with Crippen molar-refractivity contribution in [3.63, 3.8) is 0 Å². The van der Waals surface area contributed by atoms with Gasteiger partial charge in [-0.05, 0) is 57.6 Å². The highest BCUT2D eigenvalue weighted by Gasteiger charge is 2.02. The molecule has 0 heterocycles. The molecule has 0 atom stereocenters. The number of guanidine groups is 1. The number of rotatable bonds is 8. The van der Waals surface area contributed by atoms with Crippen molar-refractivity contribution in [2.45, 2.75) is 19.3 Å². The van der Waals surface area contributed by atoms with Gasteiger partial charge in [0, 0.05) is 30.2 Å². The van der Waals surface area contributed by atoms with E-state index in [9.17, 15) is 0 Å². The molecule has 1 aromatic rings. The fourth-order valence-electron chi connectivity index (χ4n) is 2.03. The number of aliphatic imine (C=N–C) groups is 1. The summed E-state index contributed by atoms with van der Waals surface area (Å²) in [5, 5.41) is 8.04. The van der Waals surface area contributed by atoms with Crippen LogP contribution in [0.15, 0.2) is 23.2 Å². The van der Waals surface area contributed by atoms with E-state index in [1.807, 2.05) is 12.1 Å². The Balaban J connectivity index is 2.21. The van der Waals surface area contributed by atoms with E-state index in [1.165, 1.54) is 0 Å². The van der Waals surface area contributed by atoms with Crippen molar-refractivity contribution >= 4 is 29.2 Å². The summed E-state index contributed by atoms with van der Waals surface area (Å²) in [6, 6.07) is 5.65. The van der Waals surface area contributed by atoms with Crippen molar-refractivity contribution in [3.8, 4) is 0 Å². The van der Waals surface area contributed by atoms with Crippen LogP contribution in [-0.2, 0) is 6.42 Å². The second-order valence-corrected chi connectivity index (χ2v) is 6.27. The summed E-state index contributed by atoms with van der Waals surface area (Å²) in [6.45, 7) is 2.84. The average Bonchev–Trinajstić information content (AvgIpc) is 2.47. The van der Waals surface area contributed by atoms with Crippen LogP contribution in [0.2, 0.25) is 10.0 Å². The van der Waals surface area contributed by atoms with E-state index >= 15 is 0 Å². The summed E-state index contributed by atoms with van der Waals surface area (Å²) < 4.78 is 0. The lowest BCUT2D eigenvalue weighted by atomic mass is 10.1.